The lowest BCUT2D eigenvalue weighted by Crippen LogP contribution is -2.52. The standard InChI is InChI=1S/C44H60BF9NO3/c1-5-8-11-14-17-20-23-55(24-21-18-15-12-9-6-2,25-22-19-16-13-10-7-3)31(4)40-39(30-38(50)43(53)44(40)54)58-45(56-32-26-34(46)41(51)35(47)27-32)57-33-28-36(48)42(52)37(49)29-33/h26-31H,5-25H2,1-4H3/q+1. The lowest BCUT2D eigenvalue weighted by Gasteiger charge is -2.45. The number of benzene rings is 3. The van der Waals surface area contributed by atoms with Crippen molar-refractivity contribution in [3.8, 4) is 17.2 Å². The molecule has 0 aromatic heterocycles. The van der Waals surface area contributed by atoms with Crippen molar-refractivity contribution in [2.75, 3.05) is 19.6 Å². The fraction of sp³-hybridized carbons (Fsp3) is 0.591. The number of hydrogen-bond acceptors (Lipinski definition) is 3. The Hall–Kier alpha value is -3.55. The highest BCUT2D eigenvalue weighted by molar-refractivity contribution is 6.39. The summed E-state index contributed by atoms with van der Waals surface area (Å²) in [5.41, 5.74) is -0.369. The highest BCUT2D eigenvalue weighted by Crippen LogP contribution is 2.40. The van der Waals surface area contributed by atoms with E-state index in [-0.39, 0.29) is 5.56 Å². The number of hydrogen-bond donors (Lipinski definition) is 0. The molecule has 3 aromatic carbocycles. The molecule has 0 aliphatic carbocycles. The summed E-state index contributed by atoms with van der Waals surface area (Å²) in [5.74, 6) is -17.4. The van der Waals surface area contributed by atoms with Gasteiger partial charge in [0.25, 0.3) is 0 Å². The highest BCUT2D eigenvalue weighted by Gasteiger charge is 2.41. The molecular weight excluding hydrogens is 772 g/mol. The molecule has 0 fully saturated rings. The van der Waals surface area contributed by atoms with Crippen molar-refractivity contribution < 1.29 is 58.0 Å². The van der Waals surface area contributed by atoms with Gasteiger partial charge in [0.15, 0.2) is 52.4 Å². The SMILES string of the molecule is CCCCCCCC[N+](CCCCCCCC)(CCCCCCCC)C(C)c1c(OB(Oc2cc(F)c(F)c(F)c2)Oc2cc(F)c(F)c(F)c2)cc(F)c(F)c1F. The third kappa shape index (κ3) is 14.6. The van der Waals surface area contributed by atoms with E-state index >= 15 is 13.2 Å². The summed E-state index contributed by atoms with van der Waals surface area (Å²) in [7, 11) is -2.33. The number of quaternary nitrogens is 1. The van der Waals surface area contributed by atoms with Crippen LogP contribution in [0.15, 0.2) is 30.3 Å². The number of unbranched alkanes of at least 4 members (excludes halogenated alkanes) is 15. The van der Waals surface area contributed by atoms with Crippen LogP contribution in [-0.2, 0) is 0 Å². The van der Waals surface area contributed by atoms with E-state index < -0.39 is 83.0 Å². The second kappa shape index (κ2) is 25.2. The molecular formula is C44H60BF9NO3+. The van der Waals surface area contributed by atoms with Crippen LogP contribution in [0.25, 0.3) is 0 Å². The van der Waals surface area contributed by atoms with Crippen molar-refractivity contribution in [3.05, 3.63) is 88.3 Å². The summed E-state index contributed by atoms with van der Waals surface area (Å²) in [5, 5.41) is 0. The van der Waals surface area contributed by atoms with Gasteiger partial charge >= 0.3 is 7.32 Å². The Morgan fingerprint density at radius 3 is 1.12 bits per heavy atom. The molecule has 0 radical (unpaired) electrons. The molecule has 0 amide bonds. The van der Waals surface area contributed by atoms with Crippen LogP contribution in [-0.4, -0.2) is 31.4 Å². The van der Waals surface area contributed by atoms with Crippen molar-refractivity contribution in [2.24, 2.45) is 0 Å². The molecule has 1 atom stereocenters. The first-order valence-corrected chi connectivity index (χ1v) is 21.1. The minimum atomic E-state index is -2.33. The van der Waals surface area contributed by atoms with Gasteiger partial charge in [-0.25, -0.2) is 39.5 Å². The molecule has 0 N–H and O–H groups in total. The maximum absolute atomic E-state index is 16.4. The zero-order chi connectivity index (χ0) is 42.7. The van der Waals surface area contributed by atoms with E-state index in [0.29, 0.717) is 54.4 Å². The van der Waals surface area contributed by atoms with E-state index in [0.717, 1.165) is 116 Å². The quantitative estimate of drug-likeness (QED) is 0.0229. The first kappa shape index (κ1) is 48.8. The highest BCUT2D eigenvalue weighted by atomic mass is 19.2. The molecule has 1 unspecified atom stereocenters. The summed E-state index contributed by atoms with van der Waals surface area (Å²) in [4.78, 5) is 0. The first-order valence-electron chi connectivity index (χ1n) is 21.1. The summed E-state index contributed by atoms with van der Waals surface area (Å²) in [6.45, 7) is 9.94. The Bertz CT molecular complexity index is 1550. The Morgan fingerprint density at radius 1 is 0.431 bits per heavy atom. The zero-order valence-electron chi connectivity index (χ0n) is 34.5. The molecule has 0 spiro atoms. The van der Waals surface area contributed by atoms with Gasteiger partial charge in [-0.3, -0.25) is 0 Å². The third-order valence-corrected chi connectivity index (χ3v) is 10.9. The van der Waals surface area contributed by atoms with Gasteiger partial charge in [0.1, 0.15) is 23.3 Å². The molecule has 0 bridgehead atoms. The van der Waals surface area contributed by atoms with E-state index in [9.17, 15) is 26.3 Å². The minimum absolute atomic E-state index is 0.322. The Labute approximate surface area is 339 Å². The summed E-state index contributed by atoms with van der Waals surface area (Å²) in [6.07, 6.45) is 17.9. The van der Waals surface area contributed by atoms with Crippen LogP contribution in [0.3, 0.4) is 0 Å². The second-order valence-electron chi connectivity index (χ2n) is 15.3. The van der Waals surface area contributed by atoms with Crippen molar-refractivity contribution >= 4 is 7.32 Å². The number of rotatable bonds is 29. The zero-order valence-corrected chi connectivity index (χ0v) is 34.5. The first-order chi connectivity index (χ1) is 27.8. The van der Waals surface area contributed by atoms with Crippen molar-refractivity contribution in [3.63, 3.8) is 0 Å². The lowest BCUT2D eigenvalue weighted by molar-refractivity contribution is -0.956. The van der Waals surface area contributed by atoms with Gasteiger partial charge in [0.2, 0.25) is 0 Å². The molecule has 58 heavy (non-hydrogen) atoms. The largest absolute Gasteiger partial charge is 0.864 e. The molecule has 14 heteroatoms. The molecule has 0 aliphatic heterocycles. The van der Waals surface area contributed by atoms with Gasteiger partial charge in [-0.15, -0.1) is 0 Å². The summed E-state index contributed by atoms with van der Waals surface area (Å²) < 4.78 is 149. The van der Waals surface area contributed by atoms with Crippen LogP contribution in [0.1, 0.15) is 155 Å². The average molecular weight is 833 g/mol. The maximum Gasteiger partial charge on any atom is 0.864 e. The predicted octanol–water partition coefficient (Wildman–Crippen LogP) is 14.4. The molecule has 0 saturated heterocycles. The van der Waals surface area contributed by atoms with Crippen LogP contribution < -0.4 is 14.0 Å². The van der Waals surface area contributed by atoms with Gasteiger partial charge in [-0.05, 0) is 45.4 Å². The van der Waals surface area contributed by atoms with Gasteiger partial charge < -0.3 is 18.4 Å². The fourth-order valence-electron chi connectivity index (χ4n) is 7.48. The maximum atomic E-state index is 16.4. The molecule has 0 aliphatic rings. The van der Waals surface area contributed by atoms with Gasteiger partial charge in [-0.2, -0.15) is 0 Å². The van der Waals surface area contributed by atoms with Gasteiger partial charge in [0.05, 0.1) is 25.2 Å². The molecule has 0 heterocycles. The molecule has 4 nitrogen and oxygen atoms in total. The van der Waals surface area contributed by atoms with Crippen LogP contribution in [0.5, 0.6) is 17.2 Å². The monoisotopic (exact) mass is 832 g/mol. The van der Waals surface area contributed by atoms with Crippen LogP contribution in [0.4, 0.5) is 39.5 Å². The topological polar surface area (TPSA) is 27.7 Å². The smallest absolute Gasteiger partial charge is 0.489 e. The molecule has 324 valence electrons. The fourth-order valence-corrected chi connectivity index (χ4v) is 7.48. The lowest BCUT2D eigenvalue weighted by atomic mass is 9.97. The number of halogens is 9. The van der Waals surface area contributed by atoms with Crippen molar-refractivity contribution in [2.45, 2.75) is 149 Å². The Kier molecular flexibility index (Phi) is 21.2. The molecule has 3 aromatic rings. The van der Waals surface area contributed by atoms with Gasteiger partial charge in [-0.1, -0.05) is 97.8 Å². The van der Waals surface area contributed by atoms with Crippen molar-refractivity contribution in [1.82, 2.24) is 0 Å². The van der Waals surface area contributed by atoms with Gasteiger partial charge in [0, 0.05) is 30.3 Å². The number of nitrogens with zero attached hydrogens (tertiary/aromatic N) is 1. The van der Waals surface area contributed by atoms with E-state index in [1.807, 2.05) is 0 Å². The Balaban J connectivity index is 2.14. The predicted molar refractivity (Wildman–Crippen MR) is 210 cm³/mol. The van der Waals surface area contributed by atoms with E-state index in [4.69, 9.17) is 14.0 Å². The second-order valence-corrected chi connectivity index (χ2v) is 15.3. The van der Waals surface area contributed by atoms with Crippen LogP contribution >= 0.6 is 0 Å². The van der Waals surface area contributed by atoms with Crippen molar-refractivity contribution in [1.29, 1.82) is 0 Å². The van der Waals surface area contributed by atoms with E-state index in [1.165, 1.54) is 0 Å². The molecule has 3 rings (SSSR count). The van der Waals surface area contributed by atoms with E-state index in [2.05, 4.69) is 20.8 Å². The third-order valence-electron chi connectivity index (χ3n) is 10.9. The normalized spacial score (nSPS) is 12.2. The Morgan fingerprint density at radius 2 is 0.759 bits per heavy atom. The van der Waals surface area contributed by atoms with E-state index in [1.54, 1.807) is 6.92 Å². The summed E-state index contributed by atoms with van der Waals surface area (Å²) >= 11 is 0. The average Bonchev–Trinajstić information content (AvgIpc) is 3.18. The van der Waals surface area contributed by atoms with Crippen LogP contribution in [0, 0.1) is 52.4 Å². The minimum Gasteiger partial charge on any atom is -0.489 e. The summed E-state index contributed by atoms with van der Waals surface area (Å²) in [6, 6.07) is 1.40. The molecule has 0 saturated carbocycles. The van der Waals surface area contributed by atoms with Crippen LogP contribution in [0.2, 0.25) is 0 Å².